The van der Waals surface area contributed by atoms with Crippen molar-refractivity contribution in [1.82, 2.24) is 39.9 Å². The highest BCUT2D eigenvalue weighted by molar-refractivity contribution is 6.17. The fourth-order valence-electron chi connectivity index (χ4n) is 17.1. The quantitative estimate of drug-likeness (QED) is 0.0680. The van der Waals surface area contributed by atoms with Crippen LogP contribution in [0.3, 0.4) is 0 Å². The van der Waals surface area contributed by atoms with Gasteiger partial charge < -0.3 is 24.4 Å². The molecule has 2 aromatic carbocycles. The summed E-state index contributed by atoms with van der Waals surface area (Å²) in [6.45, 7) is 36.8. The van der Waals surface area contributed by atoms with E-state index in [1.807, 2.05) is 0 Å². The number of aromatic amines is 4. The van der Waals surface area contributed by atoms with Crippen molar-refractivity contribution in [2.75, 3.05) is 0 Å². The number of rotatable bonds is 18. The Bertz CT molecular complexity index is 4730. The molecule has 0 radical (unpaired) electrons. The highest BCUT2D eigenvalue weighted by Gasteiger charge is 2.31. The van der Waals surface area contributed by atoms with E-state index in [0.717, 1.165) is 237 Å². The molecule has 9 heteroatoms. The van der Waals surface area contributed by atoms with E-state index in [9.17, 15) is 0 Å². The first kappa shape index (κ1) is 63.2. The van der Waals surface area contributed by atoms with Gasteiger partial charge in [-0.2, -0.15) is 0 Å². The molecule has 4 aliphatic rings. The normalized spacial score (nSPS) is 13.7. The molecule has 9 aromatic rings. The van der Waals surface area contributed by atoms with Crippen molar-refractivity contribution >= 4 is 111 Å². The second-order valence-corrected chi connectivity index (χ2v) is 25.6. The van der Waals surface area contributed by atoms with Crippen LogP contribution in [-0.2, 0) is 51.4 Å². The average molecular weight is 1230 g/mol. The fourth-order valence-corrected chi connectivity index (χ4v) is 17.1. The maximum Gasteiger partial charge on any atom is 0.143 e. The second kappa shape index (κ2) is 25.7. The third kappa shape index (κ3) is 9.98. The Hall–Kier alpha value is -8.56. The standard InChI is InChI=1S/C84H96N8O/c1-17-45-49(21-5)69-41-73-53(25-9)57(29-13)79(89-73)77(80-58(30-14)54(26-10)74(90-80)42-70-50(22-6)46(18-2)66(86-70)39-65(45)85-69)63-37-33-35-61-62-36-34-38-64(84(62)93-83(61)63)78-81-59(31-15)55(27-11)75(91-81)43-71-51(23-7)47(19-3)67(87-71)40-68-48(20-4)52(24-8)72(88-68)44-76-56(28-12)60(32-16)82(78)92-76/h33-44,85,87,90,92H,17-32H2,1-16H3. The zero-order valence-electron chi connectivity index (χ0n) is 58.4. The van der Waals surface area contributed by atoms with E-state index >= 15 is 0 Å². The smallest absolute Gasteiger partial charge is 0.143 e. The SMILES string of the molecule is CCC1=C(CC)c2cc3[nH]c(c(CC)c3CC)c(-c3cccc4c3oc3c(-c5c6nc(cc7[nH]c(cc8nc(cc9[nH]c5c(CC)c9CC)C(CC)=C8CC)c(CC)c7CC)C(CC)=C6CC)cccc34)c3nc(cc4[nH]c(cc1n2)c(CC)c4CC)C(CC)=C3CC. The van der Waals surface area contributed by atoms with Crippen molar-refractivity contribution in [2.45, 2.75) is 214 Å². The van der Waals surface area contributed by atoms with Crippen LogP contribution in [0, 0.1) is 0 Å². The molecule has 0 unspecified atom stereocenters. The Balaban J connectivity index is 1.21. The van der Waals surface area contributed by atoms with Gasteiger partial charge in [0.15, 0.2) is 0 Å². The molecule has 16 bridgehead atoms. The lowest BCUT2D eigenvalue weighted by Crippen LogP contribution is -1.93. The number of nitrogens with one attached hydrogen (secondary N) is 4. The number of para-hydroxylation sites is 2. The summed E-state index contributed by atoms with van der Waals surface area (Å²) < 4.78 is 7.92. The summed E-state index contributed by atoms with van der Waals surface area (Å²) in [6.07, 6.45) is 14.0. The number of fused-ring (bicyclic) bond motifs is 19. The first-order chi connectivity index (χ1) is 45.4. The largest absolute Gasteiger partial charge is 0.455 e. The van der Waals surface area contributed by atoms with Gasteiger partial charge in [0, 0.05) is 66.1 Å². The Labute approximate surface area is 550 Å². The molecular formula is C84H96N8O. The minimum atomic E-state index is 0.819. The van der Waals surface area contributed by atoms with Gasteiger partial charge in [-0.05, 0) is 228 Å². The van der Waals surface area contributed by atoms with Crippen molar-refractivity contribution in [2.24, 2.45) is 0 Å². The minimum absolute atomic E-state index is 0.819. The van der Waals surface area contributed by atoms with Gasteiger partial charge in [-0.1, -0.05) is 147 Å². The monoisotopic (exact) mass is 1230 g/mol. The van der Waals surface area contributed by atoms with E-state index in [4.69, 9.17) is 24.4 Å². The van der Waals surface area contributed by atoms with Gasteiger partial charge >= 0.3 is 0 Å². The Morgan fingerprint density at radius 2 is 0.516 bits per heavy atom. The summed E-state index contributed by atoms with van der Waals surface area (Å²) in [5.74, 6) is 0. The molecule has 478 valence electrons. The minimum Gasteiger partial charge on any atom is -0.455 e. The summed E-state index contributed by atoms with van der Waals surface area (Å²) in [5.41, 5.74) is 44.2. The molecule has 0 saturated carbocycles. The Morgan fingerprint density at radius 3 is 0.785 bits per heavy atom. The molecule has 11 heterocycles. The predicted octanol–water partition coefficient (Wildman–Crippen LogP) is 23.6. The number of furan rings is 1. The number of hydrogen-bond acceptors (Lipinski definition) is 5. The number of H-pyrrole nitrogens is 4. The zero-order valence-corrected chi connectivity index (χ0v) is 58.4. The van der Waals surface area contributed by atoms with Crippen LogP contribution in [0.1, 0.15) is 252 Å². The third-order valence-corrected chi connectivity index (χ3v) is 21.3. The molecule has 4 aliphatic heterocycles. The molecule has 0 amide bonds. The van der Waals surface area contributed by atoms with Crippen LogP contribution in [0.4, 0.5) is 0 Å². The highest BCUT2D eigenvalue weighted by atomic mass is 16.3. The maximum atomic E-state index is 7.92. The van der Waals surface area contributed by atoms with Crippen LogP contribution in [0.5, 0.6) is 0 Å². The van der Waals surface area contributed by atoms with Gasteiger partial charge in [-0.25, -0.2) is 19.9 Å². The molecule has 0 saturated heterocycles. The van der Waals surface area contributed by atoms with E-state index in [-0.39, 0.29) is 0 Å². The topological polar surface area (TPSA) is 128 Å². The van der Waals surface area contributed by atoms with Crippen LogP contribution in [0.2, 0.25) is 0 Å². The molecular weight excluding hydrogens is 1140 g/mol. The van der Waals surface area contributed by atoms with Crippen molar-refractivity contribution in [3.63, 3.8) is 0 Å². The molecule has 0 spiro atoms. The highest BCUT2D eigenvalue weighted by Crippen LogP contribution is 2.50. The average Bonchev–Trinajstić information content (AvgIpc) is 1.59. The summed E-state index contributed by atoms with van der Waals surface area (Å²) in [4.78, 5) is 39.5. The van der Waals surface area contributed by atoms with Crippen LogP contribution in [-0.4, -0.2) is 39.9 Å². The van der Waals surface area contributed by atoms with Crippen molar-refractivity contribution in [3.05, 3.63) is 163 Å². The van der Waals surface area contributed by atoms with E-state index in [0.29, 0.717) is 0 Å². The van der Waals surface area contributed by atoms with Crippen molar-refractivity contribution in [1.29, 1.82) is 0 Å². The number of allylic oxidation sites excluding steroid dienone is 8. The summed E-state index contributed by atoms with van der Waals surface area (Å²) in [6, 6.07) is 27.8. The van der Waals surface area contributed by atoms with Crippen LogP contribution < -0.4 is 0 Å². The summed E-state index contributed by atoms with van der Waals surface area (Å²) in [7, 11) is 0. The van der Waals surface area contributed by atoms with Crippen LogP contribution >= 0.6 is 0 Å². The lowest BCUT2D eigenvalue weighted by Gasteiger charge is -2.12. The molecule has 0 fully saturated rings. The zero-order chi connectivity index (χ0) is 65.3. The molecule has 93 heavy (non-hydrogen) atoms. The van der Waals surface area contributed by atoms with Gasteiger partial charge in [0.05, 0.1) is 56.6 Å². The molecule has 9 nitrogen and oxygen atoms in total. The Morgan fingerprint density at radius 1 is 0.269 bits per heavy atom. The molecule has 0 atom stereocenters. The summed E-state index contributed by atoms with van der Waals surface area (Å²) in [5, 5.41) is 2.13. The van der Waals surface area contributed by atoms with E-state index in [1.165, 1.54) is 89.1 Å². The first-order valence-electron chi connectivity index (χ1n) is 35.9. The molecule has 0 aliphatic carbocycles. The fraction of sp³-hybridized carbons (Fsp3) is 0.381. The first-order valence-corrected chi connectivity index (χ1v) is 35.9. The lowest BCUT2D eigenvalue weighted by molar-refractivity contribution is 0.671. The van der Waals surface area contributed by atoms with Crippen LogP contribution in [0.25, 0.3) is 133 Å². The lowest BCUT2D eigenvalue weighted by atomic mass is 9.91. The van der Waals surface area contributed by atoms with Crippen molar-refractivity contribution < 1.29 is 4.42 Å². The maximum absolute atomic E-state index is 7.92. The number of hydrogen-bond donors (Lipinski definition) is 4. The number of nitrogens with zero attached hydrogens (tertiary/aromatic N) is 4. The Kier molecular flexibility index (Phi) is 17.5. The number of aromatic nitrogens is 8. The van der Waals surface area contributed by atoms with Crippen molar-refractivity contribution in [3.8, 4) is 22.3 Å². The van der Waals surface area contributed by atoms with Gasteiger partial charge in [0.25, 0.3) is 0 Å². The third-order valence-electron chi connectivity index (χ3n) is 21.3. The molecule has 7 aromatic heterocycles. The van der Waals surface area contributed by atoms with Gasteiger partial charge in [0.2, 0.25) is 0 Å². The molecule has 4 N–H and O–H groups in total. The van der Waals surface area contributed by atoms with E-state index < -0.39 is 0 Å². The second-order valence-electron chi connectivity index (χ2n) is 25.6. The number of benzene rings is 2. The van der Waals surface area contributed by atoms with Crippen LogP contribution in [0.15, 0.2) is 77.2 Å². The van der Waals surface area contributed by atoms with E-state index in [2.05, 4.69) is 204 Å². The molecule has 13 rings (SSSR count). The number of aryl methyl sites for hydroxylation is 8. The van der Waals surface area contributed by atoms with E-state index in [1.54, 1.807) is 0 Å². The predicted molar refractivity (Wildman–Crippen MR) is 398 cm³/mol. The van der Waals surface area contributed by atoms with Gasteiger partial charge in [-0.3, -0.25) is 0 Å². The van der Waals surface area contributed by atoms with Gasteiger partial charge in [-0.15, -0.1) is 0 Å². The van der Waals surface area contributed by atoms with Gasteiger partial charge in [0.1, 0.15) is 11.2 Å². The summed E-state index contributed by atoms with van der Waals surface area (Å²) >= 11 is 0.